The van der Waals surface area contributed by atoms with E-state index < -0.39 is 11.9 Å². The molecule has 0 bridgehead atoms. The van der Waals surface area contributed by atoms with Crippen molar-refractivity contribution in [1.29, 1.82) is 0 Å². The van der Waals surface area contributed by atoms with Crippen molar-refractivity contribution in [3.63, 3.8) is 0 Å². The summed E-state index contributed by atoms with van der Waals surface area (Å²) in [7, 11) is 1.53. The average Bonchev–Trinajstić information content (AvgIpc) is 2.48. The molecule has 1 unspecified atom stereocenters. The molecule has 0 radical (unpaired) electrons. The topological polar surface area (TPSA) is 61.4 Å². The molecule has 0 aromatic heterocycles. The molecule has 1 aromatic carbocycles. The van der Waals surface area contributed by atoms with E-state index >= 15 is 0 Å². The molecule has 2 rings (SSSR count). The highest BCUT2D eigenvalue weighted by molar-refractivity contribution is 5.98. The third kappa shape index (κ3) is 2.80. The molecule has 2 amide bonds. The van der Waals surface area contributed by atoms with Crippen LogP contribution in [0.25, 0.3) is 0 Å². The Balaban J connectivity index is 2.30. The minimum Gasteiger partial charge on any atom is -0.357 e. The molecule has 1 atom stereocenters. The van der Waals surface area contributed by atoms with Gasteiger partial charge in [0, 0.05) is 32.2 Å². The molecule has 1 aliphatic heterocycles. The average molecular weight is 279 g/mol. The van der Waals surface area contributed by atoms with Gasteiger partial charge >= 0.3 is 0 Å². The van der Waals surface area contributed by atoms with Gasteiger partial charge < -0.3 is 15.5 Å². The SMILES string of the molecule is CNC(=O)C1CNCCN1C(=O)c1cc(F)ccc1C. The van der Waals surface area contributed by atoms with E-state index in [1.807, 2.05) is 0 Å². The van der Waals surface area contributed by atoms with Crippen LogP contribution in [0, 0.1) is 12.7 Å². The number of benzene rings is 1. The summed E-state index contributed by atoms with van der Waals surface area (Å²) < 4.78 is 13.3. The molecule has 1 saturated heterocycles. The lowest BCUT2D eigenvalue weighted by atomic mass is 10.0. The zero-order chi connectivity index (χ0) is 14.7. The number of likely N-dealkylation sites (N-methyl/N-ethyl adjacent to an activating group) is 1. The van der Waals surface area contributed by atoms with Crippen molar-refractivity contribution >= 4 is 11.8 Å². The van der Waals surface area contributed by atoms with Gasteiger partial charge in [-0.25, -0.2) is 4.39 Å². The van der Waals surface area contributed by atoms with E-state index in [1.165, 1.54) is 24.1 Å². The van der Waals surface area contributed by atoms with E-state index in [9.17, 15) is 14.0 Å². The second kappa shape index (κ2) is 6.00. The van der Waals surface area contributed by atoms with E-state index in [2.05, 4.69) is 10.6 Å². The van der Waals surface area contributed by atoms with Crippen molar-refractivity contribution in [3.05, 3.63) is 35.1 Å². The summed E-state index contributed by atoms with van der Waals surface area (Å²) in [4.78, 5) is 25.9. The minimum absolute atomic E-state index is 0.223. The number of halogens is 1. The Kier molecular flexibility index (Phi) is 4.34. The standard InChI is InChI=1S/C14H18FN3O2/c1-9-3-4-10(15)7-11(9)14(20)18-6-5-17-8-12(18)13(19)16-2/h3-4,7,12,17H,5-6,8H2,1-2H3,(H,16,19). The highest BCUT2D eigenvalue weighted by Gasteiger charge is 2.32. The molecule has 2 N–H and O–H groups in total. The molecule has 6 heteroatoms. The second-order valence-corrected chi connectivity index (χ2v) is 4.79. The number of hydrogen-bond donors (Lipinski definition) is 2. The number of carbonyl (C=O) groups excluding carboxylic acids is 2. The maximum atomic E-state index is 13.3. The molecule has 5 nitrogen and oxygen atoms in total. The van der Waals surface area contributed by atoms with Crippen LogP contribution in [0.1, 0.15) is 15.9 Å². The van der Waals surface area contributed by atoms with Crippen molar-refractivity contribution in [2.45, 2.75) is 13.0 Å². The molecule has 0 spiro atoms. The monoisotopic (exact) mass is 279 g/mol. The lowest BCUT2D eigenvalue weighted by Gasteiger charge is -2.35. The highest BCUT2D eigenvalue weighted by Crippen LogP contribution is 2.16. The summed E-state index contributed by atoms with van der Waals surface area (Å²) in [5, 5.41) is 5.63. The summed E-state index contributed by atoms with van der Waals surface area (Å²) in [5.41, 5.74) is 1.01. The Morgan fingerprint density at radius 2 is 2.20 bits per heavy atom. The number of rotatable bonds is 2. The largest absolute Gasteiger partial charge is 0.357 e. The predicted molar refractivity (Wildman–Crippen MR) is 72.9 cm³/mol. The maximum Gasteiger partial charge on any atom is 0.255 e. The van der Waals surface area contributed by atoms with E-state index in [0.29, 0.717) is 30.8 Å². The van der Waals surface area contributed by atoms with Crippen LogP contribution in [0.15, 0.2) is 18.2 Å². The van der Waals surface area contributed by atoms with Gasteiger partial charge in [-0.3, -0.25) is 9.59 Å². The molecule has 108 valence electrons. The Morgan fingerprint density at radius 3 is 2.90 bits per heavy atom. The number of aryl methyl sites for hydroxylation is 1. The van der Waals surface area contributed by atoms with Gasteiger partial charge in [0.1, 0.15) is 11.9 Å². The Bertz CT molecular complexity index is 533. The number of carbonyl (C=O) groups is 2. The van der Waals surface area contributed by atoms with Gasteiger partial charge in [0.25, 0.3) is 5.91 Å². The van der Waals surface area contributed by atoms with Gasteiger partial charge in [-0.1, -0.05) is 6.07 Å². The summed E-state index contributed by atoms with van der Waals surface area (Å²) >= 11 is 0. The maximum absolute atomic E-state index is 13.3. The summed E-state index contributed by atoms with van der Waals surface area (Å²) in [6.45, 7) is 3.20. The first-order valence-corrected chi connectivity index (χ1v) is 6.54. The first-order valence-electron chi connectivity index (χ1n) is 6.54. The molecular weight excluding hydrogens is 261 g/mol. The predicted octanol–water partition coefficient (Wildman–Crippen LogP) is 0.294. The van der Waals surface area contributed by atoms with Gasteiger partial charge in [0.2, 0.25) is 5.91 Å². The molecule has 1 heterocycles. The number of nitrogens with one attached hydrogen (secondary N) is 2. The van der Waals surface area contributed by atoms with Crippen LogP contribution >= 0.6 is 0 Å². The van der Waals surface area contributed by atoms with E-state index in [0.717, 1.165) is 0 Å². The van der Waals surface area contributed by atoms with Crippen LogP contribution in [-0.4, -0.2) is 49.4 Å². The van der Waals surface area contributed by atoms with E-state index in [4.69, 9.17) is 0 Å². The highest BCUT2D eigenvalue weighted by atomic mass is 19.1. The molecule has 1 aromatic rings. The smallest absolute Gasteiger partial charge is 0.255 e. The fourth-order valence-electron chi connectivity index (χ4n) is 2.33. The van der Waals surface area contributed by atoms with Crippen molar-refractivity contribution < 1.29 is 14.0 Å². The Morgan fingerprint density at radius 1 is 1.45 bits per heavy atom. The van der Waals surface area contributed by atoms with Crippen molar-refractivity contribution in [2.24, 2.45) is 0 Å². The molecule has 0 saturated carbocycles. The third-order valence-corrected chi connectivity index (χ3v) is 3.48. The number of amides is 2. The molecular formula is C14H18FN3O2. The summed E-state index contributed by atoms with van der Waals surface area (Å²) in [6.07, 6.45) is 0. The fourth-order valence-corrected chi connectivity index (χ4v) is 2.33. The summed E-state index contributed by atoms with van der Waals surface area (Å²) in [6, 6.07) is 3.55. The molecule has 1 aliphatic rings. The van der Waals surface area contributed by atoms with Crippen molar-refractivity contribution in [2.75, 3.05) is 26.7 Å². The number of nitrogens with zero attached hydrogens (tertiary/aromatic N) is 1. The van der Waals surface area contributed by atoms with Gasteiger partial charge in [-0.05, 0) is 24.6 Å². The van der Waals surface area contributed by atoms with Crippen LogP contribution in [0.2, 0.25) is 0 Å². The Labute approximate surface area is 117 Å². The molecule has 20 heavy (non-hydrogen) atoms. The number of piperazine rings is 1. The lowest BCUT2D eigenvalue weighted by molar-refractivity contribution is -0.125. The van der Waals surface area contributed by atoms with Gasteiger partial charge in [0.15, 0.2) is 0 Å². The van der Waals surface area contributed by atoms with Crippen molar-refractivity contribution in [1.82, 2.24) is 15.5 Å². The first-order chi connectivity index (χ1) is 9.54. The quantitative estimate of drug-likeness (QED) is 0.818. The molecule has 0 aliphatic carbocycles. The zero-order valence-electron chi connectivity index (χ0n) is 11.6. The van der Waals surface area contributed by atoms with Gasteiger partial charge in [-0.2, -0.15) is 0 Å². The van der Waals surface area contributed by atoms with Gasteiger partial charge in [-0.15, -0.1) is 0 Å². The minimum atomic E-state index is -0.566. The van der Waals surface area contributed by atoms with Crippen LogP contribution in [0.3, 0.4) is 0 Å². The van der Waals surface area contributed by atoms with E-state index in [-0.39, 0.29) is 11.8 Å². The fraction of sp³-hybridized carbons (Fsp3) is 0.429. The first kappa shape index (κ1) is 14.5. The third-order valence-electron chi connectivity index (χ3n) is 3.48. The lowest BCUT2D eigenvalue weighted by Crippen LogP contribution is -2.59. The molecule has 1 fully saturated rings. The Hall–Kier alpha value is -1.95. The van der Waals surface area contributed by atoms with Gasteiger partial charge in [0.05, 0.1) is 0 Å². The normalized spacial score (nSPS) is 18.8. The van der Waals surface area contributed by atoms with Crippen LogP contribution < -0.4 is 10.6 Å². The summed E-state index contributed by atoms with van der Waals surface area (Å²) in [5.74, 6) is -0.984. The van der Waals surface area contributed by atoms with E-state index in [1.54, 1.807) is 13.0 Å². The van der Waals surface area contributed by atoms with Crippen LogP contribution in [0.5, 0.6) is 0 Å². The van der Waals surface area contributed by atoms with Crippen molar-refractivity contribution in [3.8, 4) is 0 Å². The van der Waals surface area contributed by atoms with Crippen LogP contribution in [-0.2, 0) is 4.79 Å². The second-order valence-electron chi connectivity index (χ2n) is 4.79. The number of hydrogen-bond acceptors (Lipinski definition) is 3. The van der Waals surface area contributed by atoms with Crippen LogP contribution in [0.4, 0.5) is 4.39 Å². The zero-order valence-corrected chi connectivity index (χ0v) is 11.6.